The van der Waals surface area contributed by atoms with Crippen LogP contribution in [0.2, 0.25) is 10.0 Å². The number of amides is 2. The number of carbonyl (C=O) groups is 2. The molecule has 2 aliphatic heterocycles. The van der Waals surface area contributed by atoms with Crippen LogP contribution in [0.1, 0.15) is 66.1 Å². The van der Waals surface area contributed by atoms with E-state index in [1.807, 2.05) is 4.90 Å². The first-order valence-corrected chi connectivity index (χ1v) is 16.6. The zero-order chi connectivity index (χ0) is 31.5. The fourth-order valence-corrected chi connectivity index (χ4v) is 7.56. The first-order valence-electron chi connectivity index (χ1n) is 14.2. The van der Waals surface area contributed by atoms with E-state index in [1.165, 1.54) is 31.2 Å². The highest BCUT2D eigenvalue weighted by Gasteiger charge is 2.38. The van der Waals surface area contributed by atoms with Gasteiger partial charge in [-0.25, -0.2) is 8.42 Å². The number of carbonyl (C=O) groups excluding carboxylic acids is 2. The largest absolute Gasteiger partial charge is 0.416 e. The number of hydrogen-bond donors (Lipinski definition) is 2. The van der Waals surface area contributed by atoms with E-state index in [4.69, 9.17) is 28.9 Å². The lowest BCUT2D eigenvalue weighted by Crippen LogP contribution is -2.56. The maximum atomic E-state index is 14.3. The highest BCUT2D eigenvalue weighted by atomic mass is 35.5. The summed E-state index contributed by atoms with van der Waals surface area (Å²) in [4.78, 5) is 29.0. The summed E-state index contributed by atoms with van der Waals surface area (Å²) in [5.41, 5.74) is 4.40. The monoisotopic (exact) mass is 662 g/mol. The van der Waals surface area contributed by atoms with Crippen LogP contribution in [-0.4, -0.2) is 67.5 Å². The zero-order valence-electron chi connectivity index (χ0n) is 23.7. The molecule has 14 heteroatoms. The van der Waals surface area contributed by atoms with Crippen molar-refractivity contribution in [2.45, 2.75) is 75.3 Å². The molecule has 43 heavy (non-hydrogen) atoms. The fourth-order valence-electron chi connectivity index (χ4n) is 5.97. The summed E-state index contributed by atoms with van der Waals surface area (Å²) in [7, 11) is -3.64. The zero-order valence-corrected chi connectivity index (χ0v) is 26.1. The van der Waals surface area contributed by atoms with Crippen molar-refractivity contribution in [3.8, 4) is 0 Å². The Balaban J connectivity index is 1.54. The predicted molar refractivity (Wildman–Crippen MR) is 159 cm³/mol. The molecular weight excluding hydrogens is 628 g/mol. The molecule has 0 aliphatic carbocycles. The minimum absolute atomic E-state index is 0.0161. The van der Waals surface area contributed by atoms with Gasteiger partial charge in [0, 0.05) is 41.3 Å². The van der Waals surface area contributed by atoms with Crippen LogP contribution in [0.3, 0.4) is 0 Å². The number of rotatable bonds is 9. The number of alkyl halides is 3. The summed E-state index contributed by atoms with van der Waals surface area (Å²) < 4.78 is 67.9. The summed E-state index contributed by atoms with van der Waals surface area (Å²) in [5.74, 6) is -1.41. The topological polar surface area (TPSA) is 113 Å². The second-order valence-corrected chi connectivity index (χ2v) is 14.1. The standard InChI is InChI=1S/C29H35Cl2F3N4O4S/c1-2-43(41,42)26-9-8-20(30)12-19(26)15-36-28(40)18-13-23(29(32,33)34)22(24(31)14-18)17-37-10-5-6-21(16-37)38-11-4-3-7-25(38)27(35)39/h8-9,12-14,21,25H,2-7,10-11,15-17H2,1H3,(H2,35,39)(H,36,40)/t21-,25+/m0/s1. The molecule has 0 aromatic heterocycles. The van der Waals surface area contributed by atoms with Crippen molar-refractivity contribution < 1.29 is 31.2 Å². The molecule has 2 aliphatic rings. The Morgan fingerprint density at radius 1 is 1.07 bits per heavy atom. The molecule has 2 saturated heterocycles. The van der Waals surface area contributed by atoms with E-state index in [0.29, 0.717) is 26.1 Å². The van der Waals surface area contributed by atoms with Gasteiger partial charge >= 0.3 is 6.18 Å². The van der Waals surface area contributed by atoms with Gasteiger partial charge in [-0.2, -0.15) is 13.2 Å². The van der Waals surface area contributed by atoms with Crippen LogP contribution in [0.5, 0.6) is 0 Å². The van der Waals surface area contributed by atoms with E-state index in [9.17, 15) is 31.2 Å². The maximum Gasteiger partial charge on any atom is 0.416 e. The van der Waals surface area contributed by atoms with Crippen molar-refractivity contribution >= 4 is 44.9 Å². The average molecular weight is 664 g/mol. The average Bonchev–Trinajstić information content (AvgIpc) is 2.96. The summed E-state index contributed by atoms with van der Waals surface area (Å²) >= 11 is 12.4. The number of piperidine rings is 2. The van der Waals surface area contributed by atoms with Crippen LogP contribution < -0.4 is 11.1 Å². The smallest absolute Gasteiger partial charge is 0.368 e. The Bertz CT molecular complexity index is 1470. The molecule has 8 nitrogen and oxygen atoms in total. The van der Waals surface area contributed by atoms with Gasteiger partial charge in [-0.1, -0.05) is 36.5 Å². The lowest BCUT2D eigenvalue weighted by Gasteiger charge is -2.44. The molecule has 2 atom stereocenters. The van der Waals surface area contributed by atoms with Crippen molar-refractivity contribution in [1.82, 2.24) is 15.1 Å². The summed E-state index contributed by atoms with van der Waals surface area (Å²) in [6.07, 6.45) is -0.724. The third-order valence-electron chi connectivity index (χ3n) is 8.14. The lowest BCUT2D eigenvalue weighted by molar-refractivity contribution is -0.138. The fraction of sp³-hybridized carbons (Fsp3) is 0.517. The molecule has 0 radical (unpaired) electrons. The van der Waals surface area contributed by atoms with Crippen LogP contribution in [0.4, 0.5) is 13.2 Å². The van der Waals surface area contributed by atoms with Gasteiger partial charge in [0.1, 0.15) is 0 Å². The molecule has 0 spiro atoms. The van der Waals surface area contributed by atoms with E-state index in [-0.39, 0.29) is 68.5 Å². The number of sulfone groups is 1. The SMILES string of the molecule is CCS(=O)(=O)c1ccc(Cl)cc1CNC(=O)c1cc(Cl)c(CN2CCC[C@H](N3CCCC[C@@H]3C(N)=O)C2)c(C(F)(F)F)c1. The quantitative estimate of drug-likeness (QED) is 0.389. The Hall–Kier alpha value is -2.38. The van der Waals surface area contributed by atoms with Crippen molar-refractivity contribution in [3.05, 3.63) is 62.6 Å². The van der Waals surface area contributed by atoms with Crippen molar-refractivity contribution in [3.63, 3.8) is 0 Å². The number of nitrogens with two attached hydrogens (primary N) is 1. The molecule has 2 heterocycles. The molecule has 2 amide bonds. The first-order chi connectivity index (χ1) is 20.2. The van der Waals surface area contributed by atoms with Gasteiger partial charge in [-0.15, -0.1) is 0 Å². The van der Waals surface area contributed by atoms with Crippen LogP contribution in [0.25, 0.3) is 0 Å². The van der Waals surface area contributed by atoms with E-state index in [0.717, 1.165) is 31.7 Å². The summed E-state index contributed by atoms with van der Waals surface area (Å²) in [6, 6.07) is 5.71. The maximum absolute atomic E-state index is 14.3. The van der Waals surface area contributed by atoms with Gasteiger partial charge in [0.25, 0.3) is 5.91 Å². The third-order valence-corrected chi connectivity index (χ3v) is 10.5. The Labute approximate surface area is 259 Å². The molecule has 3 N–H and O–H groups in total. The summed E-state index contributed by atoms with van der Waals surface area (Å²) in [6.45, 7) is 2.86. The molecule has 4 rings (SSSR count). The van der Waals surface area contributed by atoms with Gasteiger partial charge in [-0.05, 0) is 80.2 Å². The number of likely N-dealkylation sites (tertiary alicyclic amines) is 2. The van der Waals surface area contributed by atoms with Crippen LogP contribution in [-0.2, 0) is 33.9 Å². The van der Waals surface area contributed by atoms with Crippen molar-refractivity contribution in [2.75, 3.05) is 25.4 Å². The normalized spacial score (nSPS) is 20.6. The van der Waals surface area contributed by atoms with Gasteiger partial charge in [-0.3, -0.25) is 19.4 Å². The molecule has 236 valence electrons. The third kappa shape index (κ3) is 8.02. The van der Waals surface area contributed by atoms with Crippen molar-refractivity contribution in [2.24, 2.45) is 5.73 Å². The van der Waals surface area contributed by atoms with Gasteiger partial charge in [0.15, 0.2) is 9.84 Å². The number of hydrogen-bond acceptors (Lipinski definition) is 6. The number of halogens is 5. The highest BCUT2D eigenvalue weighted by molar-refractivity contribution is 7.91. The second-order valence-electron chi connectivity index (χ2n) is 11.0. The Kier molecular flexibility index (Phi) is 10.7. The molecule has 2 fully saturated rings. The molecule has 2 aromatic carbocycles. The van der Waals surface area contributed by atoms with Gasteiger partial charge in [0.05, 0.1) is 22.3 Å². The van der Waals surface area contributed by atoms with Gasteiger partial charge < -0.3 is 11.1 Å². The second kappa shape index (κ2) is 13.7. The molecule has 0 unspecified atom stereocenters. The predicted octanol–water partition coefficient (Wildman–Crippen LogP) is 5.04. The summed E-state index contributed by atoms with van der Waals surface area (Å²) in [5, 5.41) is 2.54. The molecular formula is C29H35Cl2F3N4O4S. The first kappa shape index (κ1) is 33.5. The molecule has 0 saturated carbocycles. The van der Waals surface area contributed by atoms with Crippen LogP contribution >= 0.6 is 23.2 Å². The van der Waals surface area contributed by atoms with Crippen LogP contribution in [0.15, 0.2) is 35.2 Å². The molecule has 0 bridgehead atoms. The van der Waals surface area contributed by atoms with E-state index in [1.54, 1.807) is 0 Å². The Morgan fingerprint density at radius 2 is 1.81 bits per heavy atom. The number of primary amides is 1. The number of nitrogens with zero attached hydrogens (tertiary/aromatic N) is 2. The van der Waals surface area contributed by atoms with E-state index >= 15 is 0 Å². The minimum Gasteiger partial charge on any atom is -0.368 e. The minimum atomic E-state index is -4.79. The Morgan fingerprint density at radius 3 is 2.49 bits per heavy atom. The van der Waals surface area contributed by atoms with E-state index in [2.05, 4.69) is 10.2 Å². The van der Waals surface area contributed by atoms with Crippen molar-refractivity contribution in [1.29, 1.82) is 0 Å². The number of benzene rings is 2. The van der Waals surface area contributed by atoms with Crippen LogP contribution in [0, 0.1) is 0 Å². The lowest BCUT2D eigenvalue weighted by atomic mass is 9.94. The van der Waals surface area contributed by atoms with E-state index < -0.39 is 27.5 Å². The highest BCUT2D eigenvalue weighted by Crippen LogP contribution is 2.38. The molecule has 2 aromatic rings. The van der Waals surface area contributed by atoms with Gasteiger partial charge in [0.2, 0.25) is 5.91 Å². The number of nitrogens with one attached hydrogen (secondary N) is 1.